The van der Waals surface area contributed by atoms with Crippen molar-refractivity contribution >= 4 is 45.0 Å². The lowest BCUT2D eigenvalue weighted by Crippen LogP contribution is -2.35. The van der Waals surface area contributed by atoms with Crippen molar-refractivity contribution in [3.05, 3.63) is 35.4 Å². The van der Waals surface area contributed by atoms with Crippen LogP contribution in [0, 0.1) is 0 Å². The van der Waals surface area contributed by atoms with Crippen LogP contribution in [-0.4, -0.2) is 45.8 Å². The minimum absolute atomic E-state index is 0.0518. The van der Waals surface area contributed by atoms with E-state index in [1.54, 1.807) is 0 Å². The molecular formula is C18H20ClN3O5S. The Bertz CT molecular complexity index is 958. The summed E-state index contributed by atoms with van der Waals surface area (Å²) in [7, 11) is -3.96. The fourth-order valence-corrected chi connectivity index (χ4v) is 4.60. The molecule has 2 heterocycles. The number of rotatable bonds is 5. The molecule has 150 valence electrons. The number of amides is 1. The maximum absolute atomic E-state index is 12.6. The quantitative estimate of drug-likeness (QED) is 0.573. The van der Waals surface area contributed by atoms with Crippen LogP contribution in [0.3, 0.4) is 0 Å². The summed E-state index contributed by atoms with van der Waals surface area (Å²) in [5, 5.41) is 2.52. The highest BCUT2D eigenvalue weighted by molar-refractivity contribution is 7.90. The van der Waals surface area contributed by atoms with Crippen LogP contribution in [0.2, 0.25) is 5.02 Å². The molecule has 1 aromatic rings. The fourth-order valence-electron chi connectivity index (χ4n) is 3.10. The van der Waals surface area contributed by atoms with Crippen molar-refractivity contribution in [3.8, 4) is 0 Å². The molecule has 10 heteroatoms. The zero-order valence-corrected chi connectivity index (χ0v) is 16.7. The van der Waals surface area contributed by atoms with Gasteiger partial charge in [0.1, 0.15) is 10.7 Å². The van der Waals surface area contributed by atoms with Crippen LogP contribution < -0.4 is 10.2 Å². The number of benzene rings is 1. The van der Waals surface area contributed by atoms with E-state index in [0.29, 0.717) is 24.5 Å². The Morgan fingerprint density at radius 1 is 1.32 bits per heavy atom. The van der Waals surface area contributed by atoms with Crippen LogP contribution in [0.15, 0.2) is 34.1 Å². The monoisotopic (exact) mass is 425 g/mol. The number of esters is 1. The number of fused-ring (bicyclic) bond motifs is 3. The standard InChI is InChI=1S/C18H20ClN3O5S/c1-2-7-20-17(23)11-27-18(24)12-9-15-14(10-13(12)19)22-8-5-3-4-6-16(22)21-28(15,25)26/h2,9-10H,1,3-8,11H2,(H,20,23). The van der Waals surface area contributed by atoms with Crippen LogP contribution >= 0.6 is 11.6 Å². The topological polar surface area (TPSA) is 105 Å². The van der Waals surface area contributed by atoms with Gasteiger partial charge in [0.15, 0.2) is 6.61 Å². The van der Waals surface area contributed by atoms with Crippen molar-refractivity contribution in [2.75, 3.05) is 24.6 Å². The first-order valence-corrected chi connectivity index (χ1v) is 10.6. The van der Waals surface area contributed by atoms with Gasteiger partial charge in [0.05, 0.1) is 16.3 Å². The third-order valence-corrected chi connectivity index (χ3v) is 6.08. The van der Waals surface area contributed by atoms with Crippen LogP contribution in [0.4, 0.5) is 5.69 Å². The maximum Gasteiger partial charge on any atom is 0.340 e. The van der Waals surface area contributed by atoms with E-state index in [-0.39, 0.29) is 22.0 Å². The molecule has 1 N–H and O–H groups in total. The van der Waals surface area contributed by atoms with E-state index in [0.717, 1.165) is 19.3 Å². The summed E-state index contributed by atoms with van der Waals surface area (Å²) in [4.78, 5) is 25.6. The molecule has 8 nitrogen and oxygen atoms in total. The zero-order chi connectivity index (χ0) is 20.3. The molecule has 1 fully saturated rings. The largest absolute Gasteiger partial charge is 0.452 e. The summed E-state index contributed by atoms with van der Waals surface area (Å²) < 4.78 is 34.1. The molecule has 2 aliphatic heterocycles. The van der Waals surface area contributed by atoms with Crippen molar-refractivity contribution < 1.29 is 22.7 Å². The van der Waals surface area contributed by atoms with Crippen molar-refractivity contribution in [2.45, 2.75) is 30.6 Å². The molecule has 3 rings (SSSR count). The summed E-state index contributed by atoms with van der Waals surface area (Å²) in [5.74, 6) is -0.897. The molecule has 0 saturated carbocycles. The highest BCUT2D eigenvalue weighted by Crippen LogP contribution is 2.38. The minimum atomic E-state index is -3.96. The Kier molecular flexibility index (Phi) is 6.04. The summed E-state index contributed by atoms with van der Waals surface area (Å²) in [6.07, 6.45) is 4.81. The summed E-state index contributed by atoms with van der Waals surface area (Å²) >= 11 is 6.24. The van der Waals surface area contributed by atoms with Crippen molar-refractivity contribution in [3.63, 3.8) is 0 Å². The predicted molar refractivity (Wildman–Crippen MR) is 105 cm³/mol. The highest BCUT2D eigenvalue weighted by Gasteiger charge is 2.33. The number of anilines is 1. The van der Waals surface area contributed by atoms with E-state index in [1.165, 1.54) is 18.2 Å². The number of carbonyl (C=O) groups is 2. The second-order valence-corrected chi connectivity index (χ2v) is 8.39. The van der Waals surface area contributed by atoms with E-state index in [4.69, 9.17) is 16.3 Å². The van der Waals surface area contributed by atoms with E-state index < -0.39 is 28.5 Å². The number of sulfonamides is 1. The third kappa shape index (κ3) is 4.20. The van der Waals surface area contributed by atoms with Gasteiger partial charge in [0.2, 0.25) is 0 Å². The van der Waals surface area contributed by atoms with Gasteiger partial charge in [-0.1, -0.05) is 24.1 Å². The molecule has 0 spiro atoms. The van der Waals surface area contributed by atoms with Gasteiger partial charge in [-0.25, -0.2) is 4.79 Å². The van der Waals surface area contributed by atoms with Crippen LogP contribution in [0.1, 0.15) is 36.0 Å². The second kappa shape index (κ2) is 8.32. The number of nitrogens with one attached hydrogen (secondary N) is 1. The van der Waals surface area contributed by atoms with Gasteiger partial charge < -0.3 is 15.0 Å². The van der Waals surface area contributed by atoms with E-state index in [1.807, 2.05) is 4.90 Å². The Hall–Kier alpha value is -2.39. The first-order chi connectivity index (χ1) is 13.3. The van der Waals surface area contributed by atoms with Crippen LogP contribution in [-0.2, 0) is 19.6 Å². The molecule has 1 aromatic carbocycles. The smallest absolute Gasteiger partial charge is 0.340 e. The zero-order valence-electron chi connectivity index (χ0n) is 15.1. The van der Waals surface area contributed by atoms with Gasteiger partial charge in [-0.05, 0) is 25.0 Å². The van der Waals surface area contributed by atoms with Gasteiger partial charge in [-0.3, -0.25) is 4.79 Å². The molecule has 1 amide bonds. The first-order valence-electron chi connectivity index (χ1n) is 8.83. The van der Waals surface area contributed by atoms with Crippen LogP contribution in [0.25, 0.3) is 0 Å². The van der Waals surface area contributed by atoms with Gasteiger partial charge >= 0.3 is 5.97 Å². The van der Waals surface area contributed by atoms with Gasteiger partial charge in [-0.2, -0.15) is 8.42 Å². The number of amidine groups is 1. The molecular weight excluding hydrogens is 406 g/mol. The van der Waals surface area contributed by atoms with E-state index in [9.17, 15) is 18.0 Å². The lowest BCUT2D eigenvalue weighted by molar-refractivity contribution is -0.124. The fraction of sp³-hybridized carbons (Fsp3) is 0.389. The molecule has 0 atom stereocenters. The number of ether oxygens (including phenoxy) is 1. The summed E-state index contributed by atoms with van der Waals surface area (Å²) in [5.41, 5.74) is 0.283. The molecule has 0 bridgehead atoms. The molecule has 0 aromatic heterocycles. The minimum Gasteiger partial charge on any atom is -0.452 e. The van der Waals surface area contributed by atoms with E-state index >= 15 is 0 Å². The van der Waals surface area contributed by atoms with Gasteiger partial charge in [-0.15, -0.1) is 11.0 Å². The molecule has 28 heavy (non-hydrogen) atoms. The average Bonchev–Trinajstić information content (AvgIpc) is 2.88. The Morgan fingerprint density at radius 2 is 2.11 bits per heavy atom. The van der Waals surface area contributed by atoms with Crippen LogP contribution in [0.5, 0.6) is 0 Å². The number of carbonyl (C=O) groups excluding carboxylic acids is 2. The third-order valence-electron chi connectivity index (χ3n) is 4.43. The van der Waals surface area contributed by atoms with Gasteiger partial charge in [0, 0.05) is 19.5 Å². The molecule has 1 saturated heterocycles. The Balaban J connectivity index is 1.89. The van der Waals surface area contributed by atoms with Crippen molar-refractivity contribution in [2.24, 2.45) is 4.40 Å². The molecule has 0 unspecified atom stereocenters. The van der Waals surface area contributed by atoms with Crippen molar-refractivity contribution in [1.82, 2.24) is 5.32 Å². The number of halogens is 1. The Labute approximate surface area is 168 Å². The molecule has 2 aliphatic rings. The maximum atomic E-state index is 12.6. The number of hydrogen-bond donors (Lipinski definition) is 1. The molecule has 0 aliphatic carbocycles. The summed E-state index contributed by atoms with van der Waals surface area (Å²) in [6.45, 7) is 3.82. The SMILES string of the molecule is C=CCNC(=O)COC(=O)c1cc2c(cc1Cl)N1CCCCCC1=NS2(=O)=O. The average molecular weight is 426 g/mol. The lowest BCUT2D eigenvalue weighted by Gasteiger charge is -2.30. The van der Waals surface area contributed by atoms with E-state index in [2.05, 4.69) is 16.3 Å². The highest BCUT2D eigenvalue weighted by atomic mass is 35.5. The first kappa shape index (κ1) is 20.3. The van der Waals surface area contributed by atoms with Gasteiger partial charge in [0.25, 0.3) is 15.9 Å². The normalized spacial score (nSPS) is 17.5. The second-order valence-electron chi connectivity index (χ2n) is 6.41. The summed E-state index contributed by atoms with van der Waals surface area (Å²) in [6, 6.07) is 2.62. The van der Waals surface area contributed by atoms with Crippen molar-refractivity contribution in [1.29, 1.82) is 0 Å². The lowest BCUT2D eigenvalue weighted by atomic mass is 10.1. The Morgan fingerprint density at radius 3 is 2.86 bits per heavy atom. The molecule has 0 radical (unpaired) electrons. The predicted octanol–water partition coefficient (Wildman–Crippen LogP) is 2.28. The number of nitrogens with zero attached hydrogens (tertiary/aromatic N) is 2. The number of hydrogen-bond acceptors (Lipinski definition) is 6.